The fraction of sp³-hybridized carbons (Fsp3) is 0.211. The Bertz CT molecular complexity index is 1160. The van der Waals surface area contributed by atoms with Gasteiger partial charge in [0.1, 0.15) is 4.83 Å². The van der Waals surface area contributed by atoms with Crippen LogP contribution in [0.25, 0.3) is 15.9 Å². The van der Waals surface area contributed by atoms with E-state index in [0.29, 0.717) is 18.1 Å². The summed E-state index contributed by atoms with van der Waals surface area (Å²) in [7, 11) is 0. The molecular formula is C19H16F3N5OS. The first-order chi connectivity index (χ1) is 13.9. The summed E-state index contributed by atoms with van der Waals surface area (Å²) >= 11 is 0.954. The number of aromatic nitrogens is 4. The van der Waals surface area contributed by atoms with E-state index in [1.165, 1.54) is 10.7 Å². The molecule has 1 N–H and O–H groups in total. The SMILES string of the molecule is CCCn1ccc(NC(=O)c2cc3c(C(F)(F)F)nn(-c4ccccc4)c3s2)n1. The number of para-hydroxylation sites is 1. The number of nitrogens with one attached hydrogen (secondary N) is 1. The fourth-order valence-electron chi connectivity index (χ4n) is 2.93. The van der Waals surface area contributed by atoms with E-state index in [1.807, 2.05) is 6.92 Å². The van der Waals surface area contributed by atoms with Crippen molar-refractivity contribution < 1.29 is 18.0 Å². The normalized spacial score (nSPS) is 11.9. The van der Waals surface area contributed by atoms with E-state index in [4.69, 9.17) is 0 Å². The van der Waals surface area contributed by atoms with Crippen LogP contribution in [0, 0.1) is 0 Å². The van der Waals surface area contributed by atoms with Crippen molar-refractivity contribution in [1.29, 1.82) is 0 Å². The van der Waals surface area contributed by atoms with Crippen LogP contribution in [0.2, 0.25) is 0 Å². The Balaban J connectivity index is 1.72. The number of carbonyl (C=O) groups excluding carboxylic acids is 1. The minimum atomic E-state index is -4.63. The van der Waals surface area contributed by atoms with Crippen molar-refractivity contribution in [3.63, 3.8) is 0 Å². The second kappa shape index (κ2) is 7.36. The lowest BCUT2D eigenvalue weighted by Crippen LogP contribution is -2.12. The third-order valence-corrected chi connectivity index (χ3v) is 5.30. The zero-order valence-corrected chi connectivity index (χ0v) is 16.1. The van der Waals surface area contributed by atoms with Crippen molar-refractivity contribution in [2.45, 2.75) is 26.1 Å². The summed E-state index contributed by atoms with van der Waals surface area (Å²) < 4.78 is 43.4. The van der Waals surface area contributed by atoms with E-state index in [9.17, 15) is 18.0 Å². The van der Waals surface area contributed by atoms with Crippen LogP contribution in [-0.4, -0.2) is 25.5 Å². The first-order valence-corrected chi connectivity index (χ1v) is 9.68. The van der Waals surface area contributed by atoms with Crippen LogP contribution in [0.15, 0.2) is 48.7 Å². The molecule has 3 heterocycles. The molecule has 0 radical (unpaired) electrons. The molecule has 3 aromatic heterocycles. The highest BCUT2D eigenvalue weighted by molar-refractivity contribution is 7.20. The Morgan fingerprint density at radius 2 is 1.93 bits per heavy atom. The topological polar surface area (TPSA) is 64.7 Å². The molecule has 0 saturated carbocycles. The van der Waals surface area contributed by atoms with E-state index in [-0.39, 0.29) is 15.1 Å². The predicted octanol–water partition coefficient (Wildman–Crippen LogP) is 4.96. The average molecular weight is 419 g/mol. The first-order valence-electron chi connectivity index (χ1n) is 8.87. The standard InChI is InChI=1S/C19H16F3N5OS/c1-2-9-26-10-8-15(24-26)23-17(28)14-11-13-16(19(20,21)22)25-27(18(13)29-14)12-6-4-3-5-7-12/h3-8,10-11H,2,9H2,1H3,(H,23,24,28). The van der Waals surface area contributed by atoms with Crippen LogP contribution in [0.3, 0.4) is 0 Å². The molecule has 4 aromatic rings. The molecule has 0 fully saturated rings. The maximum Gasteiger partial charge on any atom is 0.435 e. The van der Waals surface area contributed by atoms with E-state index >= 15 is 0 Å². The lowest BCUT2D eigenvalue weighted by Gasteiger charge is -2.04. The van der Waals surface area contributed by atoms with Gasteiger partial charge in [-0.3, -0.25) is 9.48 Å². The van der Waals surface area contributed by atoms with Crippen LogP contribution in [0.1, 0.15) is 28.7 Å². The molecule has 0 aliphatic heterocycles. The zero-order chi connectivity index (χ0) is 20.6. The van der Waals surface area contributed by atoms with Crippen molar-refractivity contribution in [1.82, 2.24) is 19.6 Å². The van der Waals surface area contributed by atoms with Crippen molar-refractivity contribution in [3.05, 3.63) is 59.2 Å². The van der Waals surface area contributed by atoms with Crippen molar-refractivity contribution in [2.24, 2.45) is 0 Å². The van der Waals surface area contributed by atoms with Gasteiger partial charge in [0.05, 0.1) is 10.6 Å². The summed E-state index contributed by atoms with van der Waals surface area (Å²) in [6.07, 6.45) is -2.01. The maximum atomic E-state index is 13.5. The number of hydrogen-bond donors (Lipinski definition) is 1. The molecule has 0 bridgehead atoms. The minimum Gasteiger partial charge on any atom is -0.304 e. The average Bonchev–Trinajstić information content (AvgIpc) is 3.37. The van der Waals surface area contributed by atoms with Crippen LogP contribution in [0.5, 0.6) is 0 Å². The summed E-state index contributed by atoms with van der Waals surface area (Å²) in [5, 5.41) is 10.5. The van der Waals surface area contributed by atoms with Gasteiger partial charge in [-0.2, -0.15) is 23.4 Å². The molecule has 4 rings (SSSR count). The number of halogens is 3. The number of carbonyl (C=O) groups is 1. The van der Waals surface area contributed by atoms with E-state index in [2.05, 4.69) is 15.5 Å². The van der Waals surface area contributed by atoms with E-state index in [0.717, 1.165) is 17.8 Å². The third-order valence-electron chi connectivity index (χ3n) is 4.19. The van der Waals surface area contributed by atoms with Gasteiger partial charge in [-0.15, -0.1) is 11.3 Å². The second-order valence-corrected chi connectivity index (χ2v) is 7.37. The van der Waals surface area contributed by atoms with Gasteiger partial charge < -0.3 is 5.32 Å². The van der Waals surface area contributed by atoms with Crippen molar-refractivity contribution >= 4 is 33.3 Å². The summed E-state index contributed by atoms with van der Waals surface area (Å²) in [4.78, 5) is 13.0. The fourth-order valence-corrected chi connectivity index (χ4v) is 3.96. The minimum absolute atomic E-state index is 0.104. The molecule has 1 amide bonds. The van der Waals surface area contributed by atoms with E-state index in [1.54, 1.807) is 47.3 Å². The molecule has 0 saturated heterocycles. The zero-order valence-electron chi connectivity index (χ0n) is 15.3. The maximum absolute atomic E-state index is 13.5. The molecule has 29 heavy (non-hydrogen) atoms. The lowest BCUT2D eigenvalue weighted by atomic mass is 10.2. The Morgan fingerprint density at radius 1 is 1.17 bits per heavy atom. The molecule has 6 nitrogen and oxygen atoms in total. The number of benzene rings is 1. The van der Waals surface area contributed by atoms with Gasteiger partial charge in [-0.05, 0) is 24.6 Å². The van der Waals surface area contributed by atoms with Gasteiger partial charge in [-0.1, -0.05) is 25.1 Å². The summed E-state index contributed by atoms with van der Waals surface area (Å²) in [5.74, 6) is -0.165. The number of fused-ring (bicyclic) bond motifs is 1. The second-order valence-electron chi connectivity index (χ2n) is 6.34. The number of aryl methyl sites for hydroxylation is 1. The van der Waals surface area contributed by atoms with Crippen LogP contribution < -0.4 is 5.32 Å². The number of nitrogens with zero attached hydrogens (tertiary/aromatic N) is 4. The Hall–Kier alpha value is -3.14. The highest BCUT2D eigenvalue weighted by Crippen LogP contribution is 2.39. The molecule has 150 valence electrons. The Morgan fingerprint density at radius 3 is 2.62 bits per heavy atom. The van der Waals surface area contributed by atoms with Crippen molar-refractivity contribution in [3.8, 4) is 5.69 Å². The molecule has 0 aliphatic carbocycles. The van der Waals surface area contributed by atoms with Gasteiger partial charge in [0.25, 0.3) is 5.91 Å². The van der Waals surface area contributed by atoms with Crippen LogP contribution in [0.4, 0.5) is 19.0 Å². The number of hydrogen-bond acceptors (Lipinski definition) is 4. The van der Waals surface area contributed by atoms with Gasteiger partial charge in [0, 0.05) is 24.2 Å². The van der Waals surface area contributed by atoms with Crippen molar-refractivity contribution in [2.75, 3.05) is 5.32 Å². The number of amides is 1. The van der Waals surface area contributed by atoms with Gasteiger partial charge in [-0.25, -0.2) is 4.68 Å². The number of thiophene rings is 1. The molecule has 0 aliphatic rings. The first kappa shape index (κ1) is 19.2. The smallest absolute Gasteiger partial charge is 0.304 e. The highest BCUT2D eigenvalue weighted by Gasteiger charge is 2.38. The molecule has 1 aromatic carbocycles. The molecule has 0 unspecified atom stereocenters. The molecule has 0 atom stereocenters. The summed E-state index contributed by atoms with van der Waals surface area (Å²) in [6.45, 7) is 2.71. The van der Waals surface area contributed by atoms with Gasteiger partial charge in [0.2, 0.25) is 0 Å². The van der Waals surface area contributed by atoms with Gasteiger partial charge in [0.15, 0.2) is 11.5 Å². The number of anilines is 1. The lowest BCUT2D eigenvalue weighted by molar-refractivity contribution is -0.140. The van der Waals surface area contributed by atoms with Gasteiger partial charge >= 0.3 is 6.18 Å². The largest absolute Gasteiger partial charge is 0.435 e. The monoisotopic (exact) mass is 419 g/mol. The van der Waals surface area contributed by atoms with E-state index < -0.39 is 17.8 Å². The Kier molecular flexibility index (Phi) is 4.87. The highest BCUT2D eigenvalue weighted by atomic mass is 32.1. The molecular weight excluding hydrogens is 403 g/mol. The number of rotatable bonds is 5. The summed E-state index contributed by atoms with van der Waals surface area (Å²) in [6, 6.07) is 11.4. The van der Waals surface area contributed by atoms with Crippen LogP contribution >= 0.6 is 11.3 Å². The van der Waals surface area contributed by atoms with Crippen LogP contribution in [-0.2, 0) is 12.7 Å². The third kappa shape index (κ3) is 3.75. The predicted molar refractivity (Wildman–Crippen MR) is 104 cm³/mol. The summed E-state index contributed by atoms with van der Waals surface area (Å²) in [5.41, 5.74) is -0.529. The molecule has 0 spiro atoms. The quantitative estimate of drug-likeness (QED) is 0.497. The molecule has 10 heteroatoms. The Labute approximate surface area is 167 Å². The number of alkyl halides is 3.